The third kappa shape index (κ3) is 2.55. The van der Waals surface area contributed by atoms with E-state index in [4.69, 9.17) is 5.73 Å². The van der Waals surface area contributed by atoms with E-state index in [0.717, 1.165) is 22.4 Å². The van der Waals surface area contributed by atoms with Gasteiger partial charge >= 0.3 is 0 Å². The highest BCUT2D eigenvalue weighted by Gasteiger charge is 2.15. The van der Waals surface area contributed by atoms with E-state index in [1.165, 1.54) is 16.7 Å². The lowest BCUT2D eigenvalue weighted by Crippen LogP contribution is -1.90. The molecule has 0 atom stereocenters. The molecule has 2 aromatic carbocycles. The van der Waals surface area contributed by atoms with Gasteiger partial charge in [-0.2, -0.15) is 5.10 Å². The van der Waals surface area contributed by atoms with Crippen LogP contribution in [-0.4, -0.2) is 10.2 Å². The van der Waals surface area contributed by atoms with Gasteiger partial charge in [-0.25, -0.2) is 0 Å². The Morgan fingerprint density at radius 2 is 1.43 bits per heavy atom. The van der Waals surface area contributed by atoms with Crippen LogP contribution in [0.25, 0.3) is 22.4 Å². The molecule has 3 nitrogen and oxygen atoms in total. The van der Waals surface area contributed by atoms with Crippen LogP contribution >= 0.6 is 0 Å². The second-order valence-electron chi connectivity index (χ2n) is 5.60. The number of H-pyrrole nitrogens is 1. The molecule has 0 unspecified atom stereocenters. The van der Waals surface area contributed by atoms with Crippen molar-refractivity contribution in [2.24, 2.45) is 0 Å². The minimum atomic E-state index is 0.535. The fraction of sp³-hybridized carbons (Fsp3) is 0.167. The van der Waals surface area contributed by atoms with Crippen LogP contribution in [0, 0.1) is 20.8 Å². The van der Waals surface area contributed by atoms with Crippen LogP contribution in [0.15, 0.2) is 42.5 Å². The van der Waals surface area contributed by atoms with Crippen molar-refractivity contribution in [3.05, 3.63) is 59.2 Å². The predicted molar refractivity (Wildman–Crippen MR) is 88.1 cm³/mol. The zero-order valence-corrected chi connectivity index (χ0v) is 12.6. The van der Waals surface area contributed by atoms with Crippen LogP contribution in [0.4, 0.5) is 5.82 Å². The molecule has 1 aromatic heterocycles. The molecule has 106 valence electrons. The van der Waals surface area contributed by atoms with E-state index in [1.807, 2.05) is 0 Å². The van der Waals surface area contributed by atoms with Gasteiger partial charge in [0.25, 0.3) is 0 Å². The summed E-state index contributed by atoms with van der Waals surface area (Å²) in [6.07, 6.45) is 0. The average molecular weight is 277 g/mol. The Kier molecular flexibility index (Phi) is 3.26. The van der Waals surface area contributed by atoms with E-state index in [1.54, 1.807) is 0 Å². The van der Waals surface area contributed by atoms with Crippen LogP contribution < -0.4 is 5.73 Å². The molecule has 0 bridgehead atoms. The number of anilines is 1. The number of benzene rings is 2. The molecule has 3 aromatic rings. The number of hydrogen-bond donors (Lipinski definition) is 2. The van der Waals surface area contributed by atoms with Gasteiger partial charge in [-0.3, -0.25) is 5.10 Å². The fourth-order valence-electron chi connectivity index (χ4n) is 2.70. The molecule has 3 N–H and O–H groups in total. The second kappa shape index (κ2) is 5.09. The number of rotatable bonds is 2. The van der Waals surface area contributed by atoms with Crippen molar-refractivity contribution in [1.29, 1.82) is 0 Å². The number of nitrogens with one attached hydrogen (secondary N) is 1. The van der Waals surface area contributed by atoms with Gasteiger partial charge in [0.15, 0.2) is 5.82 Å². The number of nitrogens with two attached hydrogens (primary N) is 1. The minimum Gasteiger partial charge on any atom is -0.382 e. The van der Waals surface area contributed by atoms with E-state index in [-0.39, 0.29) is 0 Å². The number of aromatic amines is 1. The topological polar surface area (TPSA) is 54.7 Å². The molecule has 0 amide bonds. The molecular formula is C18H19N3. The third-order valence-corrected chi connectivity index (χ3v) is 3.64. The molecule has 0 radical (unpaired) electrons. The summed E-state index contributed by atoms with van der Waals surface area (Å²) in [5.41, 5.74) is 13.9. The molecule has 0 saturated carbocycles. The van der Waals surface area contributed by atoms with Gasteiger partial charge < -0.3 is 5.73 Å². The Morgan fingerprint density at radius 1 is 0.810 bits per heavy atom. The summed E-state index contributed by atoms with van der Waals surface area (Å²) in [5.74, 6) is 0.535. The lowest BCUT2D eigenvalue weighted by Gasteiger charge is -2.07. The Hall–Kier alpha value is -2.55. The molecule has 3 heteroatoms. The fourth-order valence-corrected chi connectivity index (χ4v) is 2.70. The third-order valence-electron chi connectivity index (χ3n) is 3.64. The van der Waals surface area contributed by atoms with Crippen molar-refractivity contribution in [1.82, 2.24) is 10.2 Å². The molecular weight excluding hydrogens is 258 g/mol. The number of aryl methyl sites for hydroxylation is 3. The van der Waals surface area contributed by atoms with Gasteiger partial charge in [0.1, 0.15) is 0 Å². The highest BCUT2D eigenvalue weighted by atomic mass is 15.2. The zero-order valence-electron chi connectivity index (χ0n) is 12.6. The summed E-state index contributed by atoms with van der Waals surface area (Å²) in [4.78, 5) is 0. The molecule has 21 heavy (non-hydrogen) atoms. The molecule has 0 saturated heterocycles. The first-order chi connectivity index (χ1) is 10.0. The standard InChI is InChI=1S/C18H19N3/c1-11-4-6-14(7-5-11)16-17(20-21-18(16)19)15-9-12(2)8-13(3)10-15/h4-10H,1-3H3,(H3,19,20,21). The lowest BCUT2D eigenvalue weighted by molar-refractivity contribution is 1.10. The van der Waals surface area contributed by atoms with Gasteiger partial charge in [-0.05, 0) is 38.5 Å². The van der Waals surface area contributed by atoms with Crippen LogP contribution in [-0.2, 0) is 0 Å². The Bertz CT molecular complexity index is 762. The predicted octanol–water partition coefficient (Wildman–Crippen LogP) is 4.25. The Balaban J connectivity index is 2.19. The number of nitrogens with zero attached hydrogens (tertiary/aromatic N) is 1. The van der Waals surface area contributed by atoms with E-state index >= 15 is 0 Å². The van der Waals surface area contributed by atoms with Gasteiger partial charge in [0.2, 0.25) is 0 Å². The molecule has 3 rings (SSSR count). The zero-order chi connectivity index (χ0) is 15.0. The van der Waals surface area contributed by atoms with Crippen molar-refractivity contribution in [3.63, 3.8) is 0 Å². The largest absolute Gasteiger partial charge is 0.382 e. The van der Waals surface area contributed by atoms with E-state index < -0.39 is 0 Å². The molecule has 0 spiro atoms. The smallest absolute Gasteiger partial charge is 0.153 e. The maximum atomic E-state index is 6.08. The van der Waals surface area contributed by atoms with Gasteiger partial charge in [-0.1, -0.05) is 47.0 Å². The maximum Gasteiger partial charge on any atom is 0.153 e. The summed E-state index contributed by atoms with van der Waals surface area (Å²) >= 11 is 0. The van der Waals surface area contributed by atoms with Gasteiger partial charge in [-0.15, -0.1) is 0 Å². The van der Waals surface area contributed by atoms with Crippen molar-refractivity contribution >= 4 is 5.82 Å². The molecule has 0 aliphatic rings. The summed E-state index contributed by atoms with van der Waals surface area (Å²) in [6.45, 7) is 6.27. The summed E-state index contributed by atoms with van der Waals surface area (Å²) in [5, 5.41) is 7.29. The molecule has 0 fully saturated rings. The SMILES string of the molecule is Cc1ccc(-c2c(N)n[nH]c2-c2cc(C)cc(C)c2)cc1. The lowest BCUT2D eigenvalue weighted by atomic mass is 9.98. The highest BCUT2D eigenvalue weighted by Crippen LogP contribution is 2.35. The Morgan fingerprint density at radius 3 is 2.05 bits per heavy atom. The summed E-state index contributed by atoms with van der Waals surface area (Å²) < 4.78 is 0. The van der Waals surface area contributed by atoms with Crippen LogP contribution in [0.1, 0.15) is 16.7 Å². The maximum absolute atomic E-state index is 6.08. The van der Waals surface area contributed by atoms with Crippen molar-refractivity contribution in [3.8, 4) is 22.4 Å². The minimum absolute atomic E-state index is 0.535. The van der Waals surface area contributed by atoms with Gasteiger partial charge in [0.05, 0.1) is 11.3 Å². The first-order valence-corrected chi connectivity index (χ1v) is 7.04. The number of nitrogen functional groups attached to an aromatic ring is 1. The summed E-state index contributed by atoms with van der Waals surface area (Å²) in [7, 11) is 0. The number of aromatic nitrogens is 2. The van der Waals surface area contributed by atoms with Crippen LogP contribution in [0.3, 0.4) is 0 Å². The molecule has 1 heterocycles. The molecule has 0 aliphatic carbocycles. The van der Waals surface area contributed by atoms with Crippen molar-refractivity contribution < 1.29 is 0 Å². The van der Waals surface area contributed by atoms with Crippen LogP contribution in [0.2, 0.25) is 0 Å². The van der Waals surface area contributed by atoms with E-state index in [0.29, 0.717) is 5.82 Å². The van der Waals surface area contributed by atoms with E-state index in [2.05, 4.69) is 73.4 Å². The first-order valence-electron chi connectivity index (χ1n) is 7.04. The first kappa shape index (κ1) is 13.4. The normalized spacial score (nSPS) is 10.8. The second-order valence-corrected chi connectivity index (χ2v) is 5.60. The monoisotopic (exact) mass is 277 g/mol. The average Bonchev–Trinajstić information content (AvgIpc) is 2.80. The van der Waals surface area contributed by atoms with Crippen molar-refractivity contribution in [2.45, 2.75) is 20.8 Å². The molecule has 0 aliphatic heterocycles. The van der Waals surface area contributed by atoms with Crippen LogP contribution in [0.5, 0.6) is 0 Å². The van der Waals surface area contributed by atoms with E-state index in [9.17, 15) is 0 Å². The highest BCUT2D eigenvalue weighted by molar-refractivity contribution is 5.88. The summed E-state index contributed by atoms with van der Waals surface area (Å²) in [6, 6.07) is 14.8. The quantitative estimate of drug-likeness (QED) is 0.735. The Labute approximate surface area is 124 Å². The van der Waals surface area contributed by atoms with Gasteiger partial charge in [0, 0.05) is 5.56 Å². The van der Waals surface area contributed by atoms with Crippen molar-refractivity contribution in [2.75, 3.05) is 5.73 Å². The number of hydrogen-bond acceptors (Lipinski definition) is 2.